The maximum absolute atomic E-state index is 10.5. The maximum Gasteiger partial charge on any atom is 0.0959 e. The average molecular weight is 320 g/mol. The molecule has 2 heterocycles. The van der Waals surface area contributed by atoms with Crippen molar-refractivity contribution in [3.63, 3.8) is 0 Å². The van der Waals surface area contributed by atoms with Gasteiger partial charge in [-0.2, -0.15) is 0 Å². The van der Waals surface area contributed by atoms with Crippen molar-refractivity contribution in [2.24, 2.45) is 0 Å². The minimum Gasteiger partial charge on any atom is -0.389 e. The Balaban J connectivity index is 1.58. The molecule has 4 aromatic rings. The molecule has 2 aromatic carbocycles. The normalized spacial score (nSPS) is 13.0. The predicted octanol–water partition coefficient (Wildman–Crippen LogP) is 3.06. The summed E-state index contributed by atoms with van der Waals surface area (Å²) in [7, 11) is 0. The third-order valence-corrected chi connectivity index (χ3v) is 4.58. The number of benzene rings is 2. The second kappa shape index (κ2) is 5.76. The Morgan fingerprint density at radius 3 is 2.29 bits per heavy atom. The quantitative estimate of drug-likeness (QED) is 0.629. The van der Waals surface area contributed by atoms with Gasteiger partial charge in [0.15, 0.2) is 0 Å². The highest BCUT2D eigenvalue weighted by Gasteiger charge is 2.12. The van der Waals surface area contributed by atoms with Gasteiger partial charge in [-0.25, -0.2) is 9.97 Å². The van der Waals surface area contributed by atoms with Gasteiger partial charge in [-0.05, 0) is 49.2 Å². The molecule has 0 amide bonds. The number of aliphatic hydroxyl groups is 1. The summed E-state index contributed by atoms with van der Waals surface area (Å²) in [4.78, 5) is 8.83. The summed E-state index contributed by atoms with van der Waals surface area (Å²) in [6, 6.07) is 12.2. The maximum atomic E-state index is 10.5. The van der Waals surface area contributed by atoms with E-state index >= 15 is 0 Å². The van der Waals surface area contributed by atoms with Crippen molar-refractivity contribution in [2.45, 2.75) is 33.0 Å². The lowest BCUT2D eigenvalue weighted by Crippen LogP contribution is -2.21. The smallest absolute Gasteiger partial charge is 0.0959 e. The van der Waals surface area contributed by atoms with E-state index < -0.39 is 6.10 Å². The fraction of sp³-hybridized carbons (Fsp3) is 0.263. The van der Waals surface area contributed by atoms with E-state index in [4.69, 9.17) is 0 Å². The third kappa shape index (κ3) is 2.57. The molecule has 1 atom stereocenters. The van der Waals surface area contributed by atoms with Gasteiger partial charge < -0.3 is 14.2 Å². The standard InChI is InChI=1S/C19H20N4O/c1-13-7-17-19(8-14(13)2)23(12-21-17)10-15(24)9-22-11-20-16-5-3-4-6-18(16)22/h3-8,11-12,15,24H,9-10H2,1-2H3. The molecular weight excluding hydrogens is 300 g/mol. The molecule has 122 valence electrons. The molecule has 5 heteroatoms. The van der Waals surface area contributed by atoms with Crippen LogP contribution in [0.25, 0.3) is 22.1 Å². The van der Waals surface area contributed by atoms with E-state index in [1.54, 1.807) is 12.7 Å². The Morgan fingerprint density at radius 1 is 0.875 bits per heavy atom. The van der Waals surface area contributed by atoms with Crippen molar-refractivity contribution < 1.29 is 5.11 Å². The summed E-state index contributed by atoms with van der Waals surface area (Å²) in [5.41, 5.74) is 6.49. The molecule has 1 N–H and O–H groups in total. The van der Waals surface area contributed by atoms with Crippen LogP contribution in [-0.4, -0.2) is 30.3 Å². The van der Waals surface area contributed by atoms with Crippen LogP contribution < -0.4 is 0 Å². The van der Waals surface area contributed by atoms with Crippen LogP contribution in [0.1, 0.15) is 11.1 Å². The number of para-hydroxylation sites is 2. The molecule has 0 saturated heterocycles. The summed E-state index contributed by atoms with van der Waals surface area (Å²) in [6.45, 7) is 5.20. The number of hydrogen-bond acceptors (Lipinski definition) is 3. The van der Waals surface area contributed by atoms with E-state index in [9.17, 15) is 5.11 Å². The Morgan fingerprint density at radius 2 is 1.50 bits per heavy atom. The monoisotopic (exact) mass is 320 g/mol. The van der Waals surface area contributed by atoms with Crippen molar-refractivity contribution in [1.29, 1.82) is 0 Å². The van der Waals surface area contributed by atoms with Crippen LogP contribution in [0.15, 0.2) is 49.1 Å². The highest BCUT2D eigenvalue weighted by atomic mass is 16.3. The predicted molar refractivity (Wildman–Crippen MR) is 94.9 cm³/mol. The van der Waals surface area contributed by atoms with Crippen LogP contribution in [0.5, 0.6) is 0 Å². The lowest BCUT2D eigenvalue weighted by atomic mass is 10.1. The highest BCUT2D eigenvalue weighted by Crippen LogP contribution is 2.19. The zero-order valence-corrected chi connectivity index (χ0v) is 13.8. The Kier molecular flexibility index (Phi) is 3.58. The molecule has 5 nitrogen and oxygen atoms in total. The van der Waals surface area contributed by atoms with Crippen LogP contribution in [0, 0.1) is 13.8 Å². The first-order valence-corrected chi connectivity index (χ1v) is 8.12. The first kappa shape index (κ1) is 14.9. The molecule has 0 spiro atoms. The van der Waals surface area contributed by atoms with Crippen molar-refractivity contribution >= 4 is 22.1 Å². The molecule has 2 aromatic heterocycles. The number of aliphatic hydroxyl groups excluding tert-OH is 1. The lowest BCUT2D eigenvalue weighted by Gasteiger charge is -2.14. The van der Waals surface area contributed by atoms with E-state index in [1.807, 2.05) is 33.4 Å². The lowest BCUT2D eigenvalue weighted by molar-refractivity contribution is 0.137. The Hall–Kier alpha value is -2.66. The van der Waals surface area contributed by atoms with Crippen molar-refractivity contribution in [1.82, 2.24) is 19.1 Å². The fourth-order valence-electron chi connectivity index (χ4n) is 3.13. The molecule has 0 aliphatic carbocycles. The van der Waals surface area contributed by atoms with Gasteiger partial charge >= 0.3 is 0 Å². The SMILES string of the molecule is Cc1cc2ncn(CC(O)Cn3cnc4ccccc43)c2cc1C. The molecule has 0 saturated carbocycles. The molecule has 0 aliphatic rings. The van der Waals surface area contributed by atoms with Gasteiger partial charge in [-0.3, -0.25) is 0 Å². The van der Waals surface area contributed by atoms with Gasteiger partial charge in [0.2, 0.25) is 0 Å². The van der Waals surface area contributed by atoms with Crippen LogP contribution in [0.3, 0.4) is 0 Å². The summed E-state index contributed by atoms with van der Waals surface area (Å²) >= 11 is 0. The second-order valence-electron chi connectivity index (χ2n) is 6.36. The number of aromatic nitrogens is 4. The summed E-state index contributed by atoms with van der Waals surface area (Å²) in [6.07, 6.45) is 3.08. The number of hydrogen-bond donors (Lipinski definition) is 1. The highest BCUT2D eigenvalue weighted by molar-refractivity contribution is 5.77. The number of rotatable bonds is 4. The molecular formula is C19H20N4O. The average Bonchev–Trinajstić information content (AvgIpc) is 3.13. The number of nitrogens with zero attached hydrogens (tertiary/aromatic N) is 4. The molecule has 24 heavy (non-hydrogen) atoms. The van der Waals surface area contributed by atoms with Crippen LogP contribution in [-0.2, 0) is 13.1 Å². The van der Waals surface area contributed by atoms with E-state index in [0.717, 1.165) is 22.1 Å². The Labute approximate surface area is 140 Å². The first-order chi connectivity index (χ1) is 11.6. The van der Waals surface area contributed by atoms with Crippen molar-refractivity contribution in [3.05, 3.63) is 60.2 Å². The first-order valence-electron chi connectivity index (χ1n) is 8.12. The summed E-state index contributed by atoms with van der Waals surface area (Å²) in [5, 5.41) is 10.5. The summed E-state index contributed by atoms with van der Waals surface area (Å²) in [5.74, 6) is 0. The molecule has 0 aliphatic heterocycles. The summed E-state index contributed by atoms with van der Waals surface area (Å²) < 4.78 is 4.01. The van der Waals surface area contributed by atoms with Crippen molar-refractivity contribution in [3.8, 4) is 0 Å². The zero-order chi connectivity index (χ0) is 16.7. The number of imidazole rings is 2. The van der Waals surface area contributed by atoms with Gasteiger partial charge in [0, 0.05) is 0 Å². The second-order valence-corrected chi connectivity index (χ2v) is 6.36. The number of aryl methyl sites for hydroxylation is 2. The fourth-order valence-corrected chi connectivity index (χ4v) is 3.13. The molecule has 4 rings (SSSR count). The van der Waals surface area contributed by atoms with Gasteiger partial charge in [0.25, 0.3) is 0 Å². The van der Waals surface area contributed by atoms with Gasteiger partial charge in [-0.1, -0.05) is 12.1 Å². The van der Waals surface area contributed by atoms with Crippen LogP contribution in [0.4, 0.5) is 0 Å². The van der Waals surface area contributed by atoms with Crippen molar-refractivity contribution in [2.75, 3.05) is 0 Å². The van der Waals surface area contributed by atoms with Gasteiger partial charge in [0.05, 0.1) is 53.9 Å². The van der Waals surface area contributed by atoms with Crippen LogP contribution in [0.2, 0.25) is 0 Å². The molecule has 0 bridgehead atoms. The van der Waals surface area contributed by atoms with Gasteiger partial charge in [-0.15, -0.1) is 0 Å². The topological polar surface area (TPSA) is 55.9 Å². The van der Waals surface area contributed by atoms with E-state index in [0.29, 0.717) is 13.1 Å². The van der Waals surface area contributed by atoms with Gasteiger partial charge in [0.1, 0.15) is 0 Å². The molecule has 1 unspecified atom stereocenters. The molecule has 0 fully saturated rings. The zero-order valence-electron chi connectivity index (χ0n) is 13.8. The number of fused-ring (bicyclic) bond motifs is 2. The minimum atomic E-state index is -0.512. The van der Waals surface area contributed by atoms with E-state index in [1.165, 1.54) is 11.1 Å². The van der Waals surface area contributed by atoms with Crippen LogP contribution >= 0.6 is 0 Å². The van der Waals surface area contributed by atoms with E-state index in [2.05, 4.69) is 35.9 Å². The minimum absolute atomic E-state index is 0.505. The van der Waals surface area contributed by atoms with E-state index in [-0.39, 0.29) is 0 Å². The largest absolute Gasteiger partial charge is 0.389 e. The molecule has 0 radical (unpaired) electrons. The third-order valence-electron chi connectivity index (χ3n) is 4.58. The Bertz CT molecular complexity index is 1010.